The van der Waals surface area contributed by atoms with Gasteiger partial charge in [-0.3, -0.25) is 0 Å². The molecule has 2 aliphatic heterocycles. The van der Waals surface area contributed by atoms with E-state index in [1.165, 1.54) is 21.6 Å². The van der Waals surface area contributed by atoms with Gasteiger partial charge in [0.05, 0.1) is 13.0 Å². The highest BCUT2D eigenvalue weighted by atomic mass is 32.1. The summed E-state index contributed by atoms with van der Waals surface area (Å²) in [5.41, 5.74) is 3.97. The Hall–Kier alpha value is -2.48. The monoisotopic (exact) mass is 424 g/mol. The Morgan fingerprint density at radius 3 is 2.60 bits per heavy atom. The molecule has 0 amide bonds. The maximum atomic E-state index is 5.73. The van der Waals surface area contributed by atoms with Crippen molar-refractivity contribution in [3.63, 3.8) is 0 Å². The maximum absolute atomic E-state index is 5.73. The Bertz CT molecular complexity index is 1050. The van der Waals surface area contributed by atoms with E-state index in [9.17, 15) is 0 Å². The normalized spacial score (nSPS) is 20.7. The van der Waals surface area contributed by atoms with Crippen LogP contribution >= 0.6 is 12.2 Å². The smallest absolute Gasteiger partial charge is 0.291 e. The third-order valence-electron chi connectivity index (χ3n) is 6.09. The second-order valence-electron chi connectivity index (χ2n) is 8.30. The lowest BCUT2D eigenvalue weighted by atomic mass is 10.1. The summed E-state index contributed by atoms with van der Waals surface area (Å²) < 4.78 is 13.2. The van der Waals surface area contributed by atoms with Crippen molar-refractivity contribution in [2.75, 3.05) is 32.8 Å². The molecule has 0 radical (unpaired) electrons. The Morgan fingerprint density at radius 1 is 0.967 bits per heavy atom. The van der Waals surface area contributed by atoms with Gasteiger partial charge in [-0.05, 0) is 41.5 Å². The fourth-order valence-corrected chi connectivity index (χ4v) is 4.64. The molecule has 1 saturated heterocycles. The molecule has 2 aromatic carbocycles. The van der Waals surface area contributed by atoms with Gasteiger partial charge in [0, 0.05) is 12.0 Å². The molecule has 0 bridgehead atoms. The van der Waals surface area contributed by atoms with E-state index in [0.29, 0.717) is 17.1 Å². The summed E-state index contributed by atoms with van der Waals surface area (Å²) in [5.74, 6) is 1.76. The number of rotatable bonds is 6. The van der Waals surface area contributed by atoms with Gasteiger partial charge in [-0.1, -0.05) is 30.3 Å². The van der Waals surface area contributed by atoms with E-state index >= 15 is 0 Å². The molecule has 0 aliphatic carbocycles. The summed E-state index contributed by atoms with van der Waals surface area (Å²) in [6.07, 6.45) is 1.72. The zero-order valence-electron chi connectivity index (χ0n) is 17.1. The quantitative estimate of drug-likeness (QED) is 0.572. The molecule has 3 aromatic rings. The summed E-state index contributed by atoms with van der Waals surface area (Å²) in [6.45, 7) is 7.24. The van der Waals surface area contributed by atoms with Crippen LogP contribution in [0.3, 0.4) is 0 Å². The van der Waals surface area contributed by atoms with Crippen molar-refractivity contribution in [3.05, 3.63) is 75.9 Å². The average Bonchev–Trinajstić information content (AvgIpc) is 3.36. The van der Waals surface area contributed by atoms with Crippen LogP contribution in [0.25, 0.3) is 0 Å². The van der Waals surface area contributed by atoms with Gasteiger partial charge in [0.2, 0.25) is 5.89 Å². The molecule has 2 N–H and O–H groups in total. The number of hydrogen-bond donors (Lipinski definition) is 2. The summed E-state index contributed by atoms with van der Waals surface area (Å²) >= 11 is 5.41. The van der Waals surface area contributed by atoms with Crippen LogP contribution in [0.15, 0.2) is 52.9 Å². The van der Waals surface area contributed by atoms with Gasteiger partial charge < -0.3 is 19.0 Å². The van der Waals surface area contributed by atoms with Crippen molar-refractivity contribution in [2.24, 2.45) is 0 Å². The van der Waals surface area contributed by atoms with Crippen LogP contribution in [0.4, 0.5) is 0 Å². The summed E-state index contributed by atoms with van der Waals surface area (Å²) in [5, 5.41) is 4.63. The van der Waals surface area contributed by atoms with Gasteiger partial charge in [-0.25, -0.2) is 0 Å². The second kappa shape index (κ2) is 8.71. The number of piperazine rings is 1. The molecular weight excluding hydrogens is 396 g/mol. The van der Waals surface area contributed by atoms with Gasteiger partial charge >= 0.3 is 0 Å². The van der Waals surface area contributed by atoms with E-state index in [2.05, 4.69) is 35.4 Å². The predicted molar refractivity (Wildman–Crippen MR) is 115 cm³/mol. The van der Waals surface area contributed by atoms with Gasteiger partial charge in [0.1, 0.15) is 38.5 Å². The largest absolute Gasteiger partial charge is 0.493 e. The minimum Gasteiger partial charge on any atom is -0.493 e. The van der Waals surface area contributed by atoms with Crippen molar-refractivity contribution in [2.45, 2.75) is 26.1 Å². The topological polar surface area (TPSA) is 49.1 Å². The van der Waals surface area contributed by atoms with Crippen molar-refractivity contribution in [3.8, 4) is 5.75 Å². The lowest BCUT2D eigenvalue weighted by Crippen LogP contribution is -3.27. The molecule has 1 aromatic heterocycles. The highest BCUT2D eigenvalue weighted by Gasteiger charge is 2.24. The Labute approximate surface area is 181 Å². The molecule has 0 atom stereocenters. The Morgan fingerprint density at radius 2 is 1.77 bits per heavy atom. The second-order valence-corrected chi connectivity index (χ2v) is 8.65. The molecule has 0 saturated carbocycles. The van der Waals surface area contributed by atoms with Crippen molar-refractivity contribution >= 4 is 12.2 Å². The van der Waals surface area contributed by atoms with E-state index in [1.54, 1.807) is 4.90 Å². The fraction of sp³-hybridized carbons (Fsp3) is 0.391. The van der Waals surface area contributed by atoms with Crippen molar-refractivity contribution < 1.29 is 19.0 Å². The van der Waals surface area contributed by atoms with Crippen LogP contribution in [-0.2, 0) is 26.1 Å². The van der Waals surface area contributed by atoms with Crippen LogP contribution < -0.4 is 14.5 Å². The summed E-state index contributed by atoms with van der Waals surface area (Å²) in [4.78, 5) is 3.63. The molecule has 1 fully saturated rings. The maximum Gasteiger partial charge on any atom is 0.291 e. The first kappa shape index (κ1) is 19.5. The molecule has 3 heterocycles. The minimum atomic E-state index is 0.476. The molecule has 7 heteroatoms. The zero-order valence-corrected chi connectivity index (χ0v) is 17.9. The first-order chi connectivity index (χ1) is 14.7. The number of nitrogens with one attached hydrogen (secondary N) is 2. The Balaban J connectivity index is 1.14. The van der Waals surface area contributed by atoms with E-state index in [-0.39, 0.29) is 0 Å². The van der Waals surface area contributed by atoms with Crippen LogP contribution in [0, 0.1) is 4.84 Å². The number of ether oxygens (including phenoxy) is 1. The number of hydrogen-bond acceptors (Lipinski definition) is 4. The molecule has 6 nitrogen and oxygen atoms in total. The average molecular weight is 425 g/mol. The first-order valence-electron chi connectivity index (χ1n) is 10.8. The van der Waals surface area contributed by atoms with Crippen LogP contribution in [-0.4, -0.2) is 42.6 Å². The van der Waals surface area contributed by atoms with E-state index in [1.807, 2.05) is 22.9 Å². The summed E-state index contributed by atoms with van der Waals surface area (Å²) in [6, 6.07) is 16.9. The predicted octanol–water partition coefficient (Wildman–Crippen LogP) is 0.672. The van der Waals surface area contributed by atoms with Crippen LogP contribution in [0.2, 0.25) is 0 Å². The third kappa shape index (κ3) is 4.48. The molecular formula is C23H28N4O2S+2. The van der Waals surface area contributed by atoms with E-state index in [0.717, 1.165) is 58.2 Å². The molecule has 156 valence electrons. The van der Waals surface area contributed by atoms with E-state index in [4.69, 9.17) is 21.4 Å². The minimum absolute atomic E-state index is 0.476. The number of nitrogens with zero attached hydrogens (tertiary/aromatic N) is 2. The van der Waals surface area contributed by atoms with Crippen LogP contribution in [0.5, 0.6) is 5.75 Å². The Kier molecular flexibility index (Phi) is 5.66. The first-order valence-corrected chi connectivity index (χ1v) is 11.2. The van der Waals surface area contributed by atoms with Gasteiger partial charge in [0.25, 0.3) is 4.84 Å². The van der Waals surface area contributed by atoms with Gasteiger partial charge in [0.15, 0.2) is 6.67 Å². The third-order valence-corrected chi connectivity index (χ3v) is 6.39. The number of quaternary nitrogens is 2. The number of aromatic nitrogens is 2. The molecule has 30 heavy (non-hydrogen) atoms. The van der Waals surface area contributed by atoms with Crippen LogP contribution in [0.1, 0.15) is 22.6 Å². The molecule has 2 aliphatic rings. The van der Waals surface area contributed by atoms with Crippen molar-refractivity contribution in [1.29, 1.82) is 0 Å². The molecule has 0 spiro atoms. The highest BCUT2D eigenvalue weighted by molar-refractivity contribution is 7.71. The zero-order chi connectivity index (χ0) is 20.3. The van der Waals surface area contributed by atoms with Gasteiger partial charge in [-0.15, -0.1) is 5.10 Å². The lowest BCUT2D eigenvalue weighted by Gasteiger charge is -2.29. The van der Waals surface area contributed by atoms with E-state index < -0.39 is 0 Å². The standard InChI is InChI=1S/C23H26N4O2S/c30-23-27(24-22(29-23)15-18-4-2-1-3-5-18)17-26-11-9-25(10-12-26)16-19-6-7-21-20(14-19)8-13-28-21/h1-7,14H,8-13,15-17H2/p+2. The SMILES string of the molecule is S=c1oc(Cc2ccccc2)nn1C[NH+]1CC[NH+](Cc2ccc3c(c2)CCO3)CC1. The molecule has 0 unspecified atom stereocenters. The highest BCUT2D eigenvalue weighted by Crippen LogP contribution is 2.25. The number of fused-ring (bicyclic) bond motifs is 1. The lowest BCUT2D eigenvalue weighted by molar-refractivity contribution is -1.03. The van der Waals surface area contributed by atoms with Crippen molar-refractivity contribution in [1.82, 2.24) is 9.78 Å². The summed E-state index contributed by atoms with van der Waals surface area (Å²) in [7, 11) is 0. The number of benzene rings is 2. The molecule has 5 rings (SSSR count). The van der Waals surface area contributed by atoms with Gasteiger partial charge in [-0.2, -0.15) is 4.68 Å². The fourth-order valence-electron chi connectivity index (χ4n) is 4.43.